The second kappa shape index (κ2) is 6.58. The highest BCUT2D eigenvalue weighted by Crippen LogP contribution is 2.04. The lowest BCUT2D eigenvalue weighted by atomic mass is 10.1. The van der Waals surface area contributed by atoms with Gasteiger partial charge in [0.2, 0.25) is 0 Å². The van der Waals surface area contributed by atoms with Crippen molar-refractivity contribution >= 4 is 0 Å². The molecule has 1 aromatic heterocycles. The molecule has 0 aliphatic heterocycles. The van der Waals surface area contributed by atoms with E-state index in [1.54, 1.807) is 0 Å². The van der Waals surface area contributed by atoms with Gasteiger partial charge in [-0.25, -0.2) is 0 Å². The second-order valence-corrected chi connectivity index (χ2v) is 3.83. The van der Waals surface area contributed by atoms with Gasteiger partial charge in [0, 0.05) is 32.5 Å². The van der Waals surface area contributed by atoms with Crippen LogP contribution in [0.4, 0.5) is 0 Å². The molecule has 0 bridgehead atoms. The van der Waals surface area contributed by atoms with Crippen LogP contribution in [-0.2, 0) is 18.2 Å². The molecule has 0 aliphatic carbocycles. The van der Waals surface area contributed by atoms with E-state index < -0.39 is 0 Å². The van der Waals surface area contributed by atoms with Gasteiger partial charge in [0.05, 0.1) is 6.20 Å². The van der Waals surface area contributed by atoms with E-state index in [9.17, 15) is 0 Å². The van der Waals surface area contributed by atoms with Gasteiger partial charge in [-0.3, -0.25) is 4.68 Å². The number of hydrogen-bond donors (Lipinski definition) is 1. The topological polar surface area (TPSA) is 53.1 Å². The van der Waals surface area contributed by atoms with Crippen molar-refractivity contribution in [2.45, 2.75) is 32.2 Å². The first-order valence-corrected chi connectivity index (χ1v) is 5.53. The molecule has 1 heterocycles. The molecule has 4 nitrogen and oxygen atoms in total. The highest BCUT2D eigenvalue weighted by molar-refractivity contribution is 5.05. The van der Waals surface area contributed by atoms with Gasteiger partial charge < -0.3 is 10.5 Å². The molecular formula is C11H21N3O. The molecule has 0 spiro atoms. The van der Waals surface area contributed by atoms with Crippen molar-refractivity contribution in [3.63, 3.8) is 0 Å². The molecule has 4 heteroatoms. The molecule has 1 unspecified atom stereocenters. The maximum absolute atomic E-state index is 6.00. The summed E-state index contributed by atoms with van der Waals surface area (Å²) in [7, 11) is 1.92. The third-order valence-electron chi connectivity index (χ3n) is 2.32. The van der Waals surface area contributed by atoms with Gasteiger partial charge in [-0.2, -0.15) is 5.10 Å². The summed E-state index contributed by atoms with van der Waals surface area (Å²) in [5.41, 5.74) is 7.21. The molecule has 1 rings (SSSR count). The monoisotopic (exact) mass is 211 g/mol. The van der Waals surface area contributed by atoms with Gasteiger partial charge in [-0.05, 0) is 31.7 Å². The molecular weight excluding hydrogens is 190 g/mol. The molecule has 2 N–H and O–H groups in total. The highest BCUT2D eigenvalue weighted by atomic mass is 16.5. The first kappa shape index (κ1) is 12.2. The molecule has 0 fully saturated rings. The van der Waals surface area contributed by atoms with E-state index in [2.05, 4.69) is 5.10 Å². The Morgan fingerprint density at radius 1 is 1.60 bits per heavy atom. The minimum Gasteiger partial charge on any atom is -0.382 e. The number of aryl methyl sites for hydroxylation is 1. The number of hydrogen-bond acceptors (Lipinski definition) is 3. The first-order valence-electron chi connectivity index (χ1n) is 5.53. The fraction of sp³-hybridized carbons (Fsp3) is 0.727. The van der Waals surface area contributed by atoms with Crippen molar-refractivity contribution in [2.75, 3.05) is 13.2 Å². The Balaban J connectivity index is 2.15. The van der Waals surface area contributed by atoms with Crippen molar-refractivity contribution in [1.29, 1.82) is 0 Å². The van der Waals surface area contributed by atoms with Gasteiger partial charge in [0.15, 0.2) is 0 Å². The van der Waals surface area contributed by atoms with Gasteiger partial charge in [-0.1, -0.05) is 0 Å². The summed E-state index contributed by atoms with van der Waals surface area (Å²) in [6.07, 6.45) is 6.84. The van der Waals surface area contributed by atoms with Crippen LogP contribution in [0, 0.1) is 0 Å². The molecule has 0 amide bonds. The molecule has 15 heavy (non-hydrogen) atoms. The Hall–Kier alpha value is -0.870. The van der Waals surface area contributed by atoms with E-state index in [4.69, 9.17) is 10.5 Å². The van der Waals surface area contributed by atoms with E-state index in [1.165, 1.54) is 5.56 Å². The normalized spacial score (nSPS) is 13.0. The van der Waals surface area contributed by atoms with Crippen LogP contribution in [0.3, 0.4) is 0 Å². The SMILES string of the molecule is CCOCCCC(N)Cc1cnn(C)c1. The molecule has 0 saturated heterocycles. The average Bonchev–Trinajstić information content (AvgIpc) is 2.59. The zero-order valence-corrected chi connectivity index (χ0v) is 9.65. The van der Waals surface area contributed by atoms with Gasteiger partial charge in [0.1, 0.15) is 0 Å². The average molecular weight is 211 g/mol. The minimum atomic E-state index is 0.217. The van der Waals surface area contributed by atoms with Crippen LogP contribution in [0.1, 0.15) is 25.3 Å². The lowest BCUT2D eigenvalue weighted by Crippen LogP contribution is -2.23. The largest absolute Gasteiger partial charge is 0.382 e. The predicted molar refractivity (Wildman–Crippen MR) is 60.6 cm³/mol. The standard InChI is InChI=1S/C11H21N3O/c1-3-15-6-4-5-11(12)7-10-8-13-14(2)9-10/h8-9,11H,3-7,12H2,1-2H3. The summed E-state index contributed by atoms with van der Waals surface area (Å²) in [5.74, 6) is 0. The van der Waals surface area contributed by atoms with Gasteiger partial charge in [0.25, 0.3) is 0 Å². The van der Waals surface area contributed by atoms with Gasteiger partial charge >= 0.3 is 0 Å². The smallest absolute Gasteiger partial charge is 0.0522 e. The van der Waals surface area contributed by atoms with Crippen LogP contribution in [0.15, 0.2) is 12.4 Å². The molecule has 86 valence electrons. The third-order valence-corrected chi connectivity index (χ3v) is 2.32. The summed E-state index contributed by atoms with van der Waals surface area (Å²) in [4.78, 5) is 0. The maximum atomic E-state index is 6.00. The zero-order chi connectivity index (χ0) is 11.1. The van der Waals surface area contributed by atoms with Crippen LogP contribution in [0.2, 0.25) is 0 Å². The summed E-state index contributed by atoms with van der Waals surface area (Å²) in [6, 6.07) is 0.217. The van der Waals surface area contributed by atoms with Gasteiger partial charge in [-0.15, -0.1) is 0 Å². The first-order chi connectivity index (χ1) is 7.22. The Kier molecular flexibility index (Phi) is 5.36. The van der Waals surface area contributed by atoms with Crippen molar-refractivity contribution in [3.8, 4) is 0 Å². The minimum absolute atomic E-state index is 0.217. The van der Waals surface area contributed by atoms with E-state index in [1.807, 2.05) is 31.0 Å². The summed E-state index contributed by atoms with van der Waals surface area (Å²) < 4.78 is 7.07. The molecule has 0 aliphatic rings. The number of aromatic nitrogens is 2. The quantitative estimate of drug-likeness (QED) is 0.687. The Bertz CT molecular complexity index is 273. The van der Waals surface area contributed by atoms with Crippen LogP contribution >= 0.6 is 0 Å². The molecule has 1 aromatic rings. The summed E-state index contributed by atoms with van der Waals surface area (Å²) >= 11 is 0. The number of ether oxygens (including phenoxy) is 1. The predicted octanol–water partition coefficient (Wildman–Crippen LogP) is 1.11. The number of nitrogens with two attached hydrogens (primary N) is 1. The Morgan fingerprint density at radius 2 is 2.40 bits per heavy atom. The van der Waals surface area contributed by atoms with Crippen molar-refractivity contribution in [2.24, 2.45) is 12.8 Å². The third kappa shape index (κ3) is 4.95. The van der Waals surface area contributed by atoms with Crippen molar-refractivity contribution in [1.82, 2.24) is 9.78 Å². The summed E-state index contributed by atoms with van der Waals surface area (Å²) in [6.45, 7) is 3.62. The molecule has 0 saturated carbocycles. The maximum Gasteiger partial charge on any atom is 0.0522 e. The van der Waals surface area contributed by atoms with Crippen LogP contribution in [0.5, 0.6) is 0 Å². The van der Waals surface area contributed by atoms with Crippen LogP contribution < -0.4 is 5.73 Å². The Morgan fingerprint density at radius 3 is 3.00 bits per heavy atom. The molecule has 1 atom stereocenters. The Labute approximate surface area is 91.4 Å². The van der Waals surface area contributed by atoms with E-state index in [-0.39, 0.29) is 6.04 Å². The molecule has 0 aromatic carbocycles. The fourth-order valence-corrected chi connectivity index (χ4v) is 1.57. The van der Waals surface area contributed by atoms with E-state index in [0.29, 0.717) is 0 Å². The van der Waals surface area contributed by atoms with E-state index in [0.717, 1.165) is 32.5 Å². The number of rotatable bonds is 7. The lowest BCUT2D eigenvalue weighted by molar-refractivity contribution is 0.142. The van der Waals surface area contributed by atoms with E-state index >= 15 is 0 Å². The highest BCUT2D eigenvalue weighted by Gasteiger charge is 2.05. The fourth-order valence-electron chi connectivity index (χ4n) is 1.57. The second-order valence-electron chi connectivity index (χ2n) is 3.83. The molecule has 0 radical (unpaired) electrons. The number of nitrogens with zero attached hydrogens (tertiary/aromatic N) is 2. The van der Waals surface area contributed by atoms with Crippen molar-refractivity contribution in [3.05, 3.63) is 18.0 Å². The zero-order valence-electron chi connectivity index (χ0n) is 9.65. The van der Waals surface area contributed by atoms with Crippen LogP contribution in [0.25, 0.3) is 0 Å². The van der Waals surface area contributed by atoms with Crippen LogP contribution in [-0.4, -0.2) is 29.0 Å². The summed E-state index contributed by atoms with van der Waals surface area (Å²) in [5, 5.41) is 4.12. The lowest BCUT2D eigenvalue weighted by Gasteiger charge is -2.09. The van der Waals surface area contributed by atoms with Crippen molar-refractivity contribution < 1.29 is 4.74 Å².